The average molecular weight is 245 g/mol. The molecule has 0 aliphatic rings. The quantitative estimate of drug-likeness (QED) is 0.746. The van der Waals surface area contributed by atoms with Crippen molar-refractivity contribution in [1.29, 1.82) is 0 Å². The highest BCUT2D eigenvalue weighted by molar-refractivity contribution is 5.95. The topological polar surface area (TPSA) is 49.3 Å². The van der Waals surface area contributed by atoms with E-state index in [1.807, 2.05) is 45.9 Å². The van der Waals surface area contributed by atoms with Gasteiger partial charge < -0.3 is 10.4 Å². The molecule has 0 saturated heterocycles. The third-order valence-electron chi connectivity index (χ3n) is 2.41. The zero-order valence-corrected chi connectivity index (χ0v) is 11.3. The first-order chi connectivity index (χ1) is 8.34. The molecule has 3 heteroatoms. The van der Waals surface area contributed by atoms with Gasteiger partial charge in [-0.15, -0.1) is 0 Å². The second-order valence-corrected chi connectivity index (χ2v) is 5.21. The molecule has 0 fully saturated rings. The Hall–Kier alpha value is -1.79. The van der Waals surface area contributed by atoms with E-state index in [9.17, 15) is 4.79 Å². The summed E-state index contributed by atoms with van der Waals surface area (Å²) in [4.78, 5) is 11.9. The maximum atomic E-state index is 11.9. The highest BCUT2D eigenvalue weighted by Crippen LogP contribution is 2.21. The Kier molecular flexibility index (Phi) is 4.52. The summed E-state index contributed by atoms with van der Waals surface area (Å²) < 4.78 is 0. The van der Waals surface area contributed by atoms with E-state index in [0.717, 1.165) is 11.1 Å². The van der Waals surface area contributed by atoms with Gasteiger partial charge in [0.1, 0.15) is 6.61 Å². The molecule has 0 atom stereocenters. The molecule has 0 aliphatic carbocycles. The number of carbonyl (C=O) groups excluding carboxylic acids is 1. The van der Waals surface area contributed by atoms with Gasteiger partial charge in [0, 0.05) is 11.0 Å². The molecule has 0 heterocycles. The van der Waals surface area contributed by atoms with Crippen LogP contribution in [0.1, 0.15) is 31.9 Å². The number of carbonyl (C=O) groups is 1. The van der Waals surface area contributed by atoms with Crippen molar-refractivity contribution >= 4 is 11.6 Å². The molecule has 1 aromatic carbocycles. The van der Waals surface area contributed by atoms with E-state index in [1.165, 1.54) is 0 Å². The van der Waals surface area contributed by atoms with Crippen molar-refractivity contribution in [2.45, 2.75) is 27.7 Å². The van der Waals surface area contributed by atoms with Gasteiger partial charge in [-0.3, -0.25) is 4.79 Å². The molecule has 1 rings (SSSR count). The fourth-order valence-electron chi connectivity index (χ4n) is 1.32. The highest BCUT2D eigenvalue weighted by Gasteiger charge is 2.21. The molecular formula is C15H19NO2. The van der Waals surface area contributed by atoms with E-state index in [4.69, 9.17) is 5.11 Å². The number of benzene rings is 1. The summed E-state index contributed by atoms with van der Waals surface area (Å²) in [5.74, 6) is 5.39. The second kappa shape index (κ2) is 5.70. The van der Waals surface area contributed by atoms with Crippen molar-refractivity contribution in [3.05, 3.63) is 29.3 Å². The van der Waals surface area contributed by atoms with Crippen LogP contribution in [0.2, 0.25) is 0 Å². The lowest BCUT2D eigenvalue weighted by Crippen LogP contribution is -2.27. The number of amides is 1. The van der Waals surface area contributed by atoms with Gasteiger partial charge in [0.15, 0.2) is 0 Å². The Labute approximate surface area is 108 Å². The van der Waals surface area contributed by atoms with Crippen LogP contribution in [-0.4, -0.2) is 17.6 Å². The molecular weight excluding hydrogens is 226 g/mol. The van der Waals surface area contributed by atoms with E-state index in [-0.39, 0.29) is 12.5 Å². The van der Waals surface area contributed by atoms with E-state index in [0.29, 0.717) is 5.69 Å². The minimum absolute atomic E-state index is 0.0570. The Morgan fingerprint density at radius 1 is 1.39 bits per heavy atom. The number of hydrogen-bond donors (Lipinski definition) is 2. The van der Waals surface area contributed by atoms with Crippen LogP contribution < -0.4 is 5.32 Å². The summed E-state index contributed by atoms with van der Waals surface area (Å²) in [5, 5.41) is 11.6. The Balaban J connectivity index is 3.05. The maximum absolute atomic E-state index is 11.9. The van der Waals surface area contributed by atoms with Crippen LogP contribution >= 0.6 is 0 Å². The van der Waals surface area contributed by atoms with Crippen LogP contribution in [0.25, 0.3) is 0 Å². The monoisotopic (exact) mass is 245 g/mol. The number of hydrogen-bond acceptors (Lipinski definition) is 2. The van der Waals surface area contributed by atoms with Gasteiger partial charge in [-0.25, -0.2) is 0 Å². The van der Waals surface area contributed by atoms with Gasteiger partial charge in [0.05, 0.1) is 5.69 Å². The fourth-order valence-corrected chi connectivity index (χ4v) is 1.32. The predicted octanol–water partition coefficient (Wildman–Crippen LogP) is 2.32. The molecule has 1 aromatic rings. The molecule has 0 bridgehead atoms. The van der Waals surface area contributed by atoms with E-state index < -0.39 is 5.41 Å². The van der Waals surface area contributed by atoms with Crippen LogP contribution in [0.3, 0.4) is 0 Å². The largest absolute Gasteiger partial charge is 0.384 e. The first-order valence-corrected chi connectivity index (χ1v) is 5.86. The SMILES string of the molecule is Cc1ccc(NC(=O)C(C)(C)C)c(C#CCO)c1. The number of aliphatic hydroxyl groups is 1. The molecule has 96 valence electrons. The van der Waals surface area contributed by atoms with Crippen molar-refractivity contribution in [2.24, 2.45) is 5.41 Å². The molecule has 0 aromatic heterocycles. The van der Waals surface area contributed by atoms with Crippen LogP contribution in [-0.2, 0) is 4.79 Å². The molecule has 1 amide bonds. The number of anilines is 1. The Morgan fingerprint density at radius 2 is 2.06 bits per heavy atom. The zero-order valence-electron chi connectivity index (χ0n) is 11.3. The average Bonchev–Trinajstić information content (AvgIpc) is 2.28. The van der Waals surface area contributed by atoms with Crippen LogP contribution in [0, 0.1) is 24.2 Å². The summed E-state index contributed by atoms with van der Waals surface area (Å²) in [6.45, 7) is 7.33. The van der Waals surface area contributed by atoms with Gasteiger partial charge in [0.25, 0.3) is 0 Å². The smallest absolute Gasteiger partial charge is 0.229 e. The molecule has 3 nitrogen and oxygen atoms in total. The number of aryl methyl sites for hydroxylation is 1. The summed E-state index contributed by atoms with van der Waals surface area (Å²) in [6, 6.07) is 5.64. The standard InChI is InChI=1S/C15H19NO2/c1-11-7-8-13(12(10-11)6-5-9-17)16-14(18)15(2,3)4/h7-8,10,17H,9H2,1-4H3,(H,16,18). The molecule has 0 unspecified atom stereocenters. The summed E-state index contributed by atoms with van der Waals surface area (Å²) in [6.07, 6.45) is 0. The lowest BCUT2D eigenvalue weighted by Gasteiger charge is -2.18. The van der Waals surface area contributed by atoms with Gasteiger partial charge in [-0.1, -0.05) is 38.7 Å². The van der Waals surface area contributed by atoms with E-state index >= 15 is 0 Å². The molecule has 0 aliphatic heterocycles. The van der Waals surface area contributed by atoms with Gasteiger partial charge in [-0.05, 0) is 24.6 Å². The third-order valence-corrected chi connectivity index (χ3v) is 2.41. The molecule has 18 heavy (non-hydrogen) atoms. The molecule has 0 radical (unpaired) electrons. The van der Waals surface area contributed by atoms with Gasteiger partial charge in [0.2, 0.25) is 5.91 Å². The molecule has 0 spiro atoms. The summed E-state index contributed by atoms with van der Waals surface area (Å²) >= 11 is 0. The Bertz CT molecular complexity index is 501. The van der Waals surface area contributed by atoms with Crippen LogP contribution in [0.15, 0.2) is 18.2 Å². The van der Waals surface area contributed by atoms with Crippen molar-refractivity contribution in [1.82, 2.24) is 0 Å². The summed E-state index contributed by atoms with van der Waals surface area (Å²) in [5.41, 5.74) is 2.01. The third kappa shape index (κ3) is 3.90. The van der Waals surface area contributed by atoms with Crippen LogP contribution in [0.5, 0.6) is 0 Å². The summed E-state index contributed by atoms with van der Waals surface area (Å²) in [7, 11) is 0. The van der Waals surface area contributed by atoms with E-state index in [1.54, 1.807) is 0 Å². The minimum Gasteiger partial charge on any atom is -0.384 e. The minimum atomic E-state index is -0.452. The zero-order chi connectivity index (χ0) is 13.8. The Morgan fingerprint density at radius 3 is 2.61 bits per heavy atom. The first-order valence-electron chi connectivity index (χ1n) is 5.86. The van der Waals surface area contributed by atoms with Crippen molar-refractivity contribution < 1.29 is 9.90 Å². The van der Waals surface area contributed by atoms with Crippen molar-refractivity contribution in [3.8, 4) is 11.8 Å². The van der Waals surface area contributed by atoms with Crippen molar-refractivity contribution in [3.63, 3.8) is 0 Å². The highest BCUT2D eigenvalue weighted by atomic mass is 16.2. The van der Waals surface area contributed by atoms with Gasteiger partial charge >= 0.3 is 0 Å². The van der Waals surface area contributed by atoms with Crippen LogP contribution in [0.4, 0.5) is 5.69 Å². The number of nitrogens with one attached hydrogen (secondary N) is 1. The van der Waals surface area contributed by atoms with Crippen molar-refractivity contribution in [2.75, 3.05) is 11.9 Å². The maximum Gasteiger partial charge on any atom is 0.229 e. The number of rotatable bonds is 1. The predicted molar refractivity (Wildman–Crippen MR) is 73.2 cm³/mol. The fraction of sp³-hybridized carbons (Fsp3) is 0.400. The lowest BCUT2D eigenvalue weighted by molar-refractivity contribution is -0.123. The van der Waals surface area contributed by atoms with Gasteiger partial charge in [-0.2, -0.15) is 0 Å². The lowest BCUT2D eigenvalue weighted by atomic mass is 9.95. The van der Waals surface area contributed by atoms with E-state index in [2.05, 4.69) is 17.2 Å². The first kappa shape index (κ1) is 14.3. The normalized spacial score (nSPS) is 10.5. The molecule has 2 N–H and O–H groups in total. The molecule has 0 saturated carbocycles. The second-order valence-electron chi connectivity index (χ2n) is 5.21. The number of aliphatic hydroxyl groups excluding tert-OH is 1.